The van der Waals surface area contributed by atoms with E-state index in [1.807, 2.05) is 11.5 Å². The van der Waals surface area contributed by atoms with Crippen molar-refractivity contribution in [2.24, 2.45) is 0 Å². The molecule has 0 unspecified atom stereocenters. The van der Waals surface area contributed by atoms with Gasteiger partial charge in [-0.3, -0.25) is 15.0 Å². The van der Waals surface area contributed by atoms with Gasteiger partial charge in [0.15, 0.2) is 15.0 Å². The van der Waals surface area contributed by atoms with Crippen molar-refractivity contribution < 1.29 is 17.9 Å². The van der Waals surface area contributed by atoms with Crippen LogP contribution in [0, 0.1) is 0 Å². The van der Waals surface area contributed by atoms with Crippen LogP contribution in [0.2, 0.25) is 0 Å². The van der Waals surface area contributed by atoms with Crippen molar-refractivity contribution in [2.75, 3.05) is 43.6 Å². The lowest BCUT2D eigenvalue weighted by atomic mass is 10.2. The molecule has 3 aromatic rings. The first kappa shape index (κ1) is 24.7. The molecule has 0 bridgehead atoms. The van der Waals surface area contributed by atoms with Gasteiger partial charge in [0.2, 0.25) is 11.0 Å². The number of carbonyl (C=O) groups is 1. The first-order valence-electron chi connectivity index (χ1n) is 10.6. The van der Waals surface area contributed by atoms with Gasteiger partial charge in [0.1, 0.15) is 10.8 Å². The highest BCUT2D eigenvalue weighted by Gasteiger charge is 2.18. The zero-order chi connectivity index (χ0) is 24.1. The van der Waals surface area contributed by atoms with Crippen LogP contribution >= 0.6 is 23.1 Å². The summed E-state index contributed by atoms with van der Waals surface area (Å²) in [6, 6.07) is 6.39. The largest absolute Gasteiger partial charge is 0.379 e. The SMILES string of the molecule is CCn1c(CN2CCOCC2)nnc1SCC(=O)Nc1nnc(-c2ccc(S(C)(=O)=O)cc2)s1. The van der Waals surface area contributed by atoms with Gasteiger partial charge >= 0.3 is 0 Å². The summed E-state index contributed by atoms with van der Waals surface area (Å²) in [5.74, 6) is 0.816. The third-order valence-electron chi connectivity index (χ3n) is 5.11. The summed E-state index contributed by atoms with van der Waals surface area (Å²) in [6.45, 7) is 6.63. The van der Waals surface area contributed by atoms with Gasteiger partial charge in [-0.25, -0.2) is 8.42 Å². The van der Waals surface area contributed by atoms with Crippen LogP contribution < -0.4 is 5.32 Å². The summed E-state index contributed by atoms with van der Waals surface area (Å²) in [7, 11) is -3.26. The number of carbonyl (C=O) groups excluding carboxylic acids is 1. The number of nitrogens with zero attached hydrogens (tertiary/aromatic N) is 6. The topological polar surface area (TPSA) is 132 Å². The van der Waals surface area contributed by atoms with Crippen LogP contribution in [-0.2, 0) is 32.5 Å². The number of rotatable bonds is 9. The van der Waals surface area contributed by atoms with E-state index in [1.165, 1.54) is 35.2 Å². The third-order valence-corrected chi connectivity index (χ3v) is 8.09. The van der Waals surface area contributed by atoms with E-state index in [9.17, 15) is 13.2 Å². The van der Waals surface area contributed by atoms with Gasteiger partial charge in [0, 0.05) is 31.5 Å². The van der Waals surface area contributed by atoms with E-state index in [0.29, 0.717) is 28.4 Å². The minimum atomic E-state index is -3.26. The highest BCUT2D eigenvalue weighted by Crippen LogP contribution is 2.27. The monoisotopic (exact) mass is 523 g/mol. The Hall–Kier alpha value is -2.39. The maximum atomic E-state index is 12.5. The standard InChI is InChI=1S/C20H25N7O4S3/c1-3-27-16(12-26-8-10-31-11-9-26)22-25-20(27)32-13-17(28)21-19-24-23-18(33-19)14-4-6-15(7-5-14)34(2,29)30/h4-7H,3,8-13H2,1-2H3,(H,21,24,28). The number of hydrogen-bond donors (Lipinski definition) is 1. The number of sulfone groups is 1. The summed E-state index contributed by atoms with van der Waals surface area (Å²) in [4.78, 5) is 15.0. The van der Waals surface area contributed by atoms with Gasteiger partial charge < -0.3 is 9.30 Å². The van der Waals surface area contributed by atoms with Gasteiger partial charge in [0.05, 0.1) is 30.4 Å². The van der Waals surface area contributed by atoms with Crippen LogP contribution in [0.5, 0.6) is 0 Å². The van der Waals surface area contributed by atoms with Gasteiger partial charge in [-0.1, -0.05) is 35.2 Å². The van der Waals surface area contributed by atoms with E-state index >= 15 is 0 Å². The molecule has 1 saturated heterocycles. The normalized spacial score (nSPS) is 14.9. The Morgan fingerprint density at radius 1 is 1.15 bits per heavy atom. The number of nitrogens with one attached hydrogen (secondary N) is 1. The number of anilines is 1. The second-order valence-corrected chi connectivity index (χ2v) is 11.5. The van der Waals surface area contributed by atoms with E-state index in [0.717, 1.165) is 43.9 Å². The Kier molecular flexibility index (Phi) is 7.93. The smallest absolute Gasteiger partial charge is 0.236 e. The zero-order valence-corrected chi connectivity index (χ0v) is 21.2. The fraction of sp³-hybridized carbons (Fsp3) is 0.450. The lowest BCUT2D eigenvalue weighted by Gasteiger charge is -2.26. The number of amides is 1. The Morgan fingerprint density at radius 3 is 2.56 bits per heavy atom. The van der Waals surface area contributed by atoms with Crippen molar-refractivity contribution in [2.45, 2.75) is 30.1 Å². The molecule has 14 heteroatoms. The van der Waals surface area contributed by atoms with E-state index in [4.69, 9.17) is 4.74 Å². The average Bonchev–Trinajstić information content (AvgIpc) is 3.44. The Balaban J connectivity index is 1.33. The molecule has 2 aromatic heterocycles. The summed E-state index contributed by atoms with van der Waals surface area (Å²) < 4.78 is 30.6. The van der Waals surface area contributed by atoms with E-state index < -0.39 is 9.84 Å². The molecule has 0 saturated carbocycles. The molecular weight excluding hydrogens is 498 g/mol. The molecular formula is C20H25N7O4S3. The molecule has 0 aliphatic carbocycles. The average molecular weight is 524 g/mol. The maximum absolute atomic E-state index is 12.5. The molecule has 4 rings (SSSR count). The molecule has 0 spiro atoms. The number of morpholine rings is 1. The Labute approximate surface area is 205 Å². The van der Waals surface area contributed by atoms with E-state index in [-0.39, 0.29) is 16.6 Å². The van der Waals surface area contributed by atoms with Crippen LogP contribution in [0.4, 0.5) is 5.13 Å². The van der Waals surface area contributed by atoms with Crippen LogP contribution in [0.3, 0.4) is 0 Å². The Bertz CT molecular complexity index is 1240. The molecule has 1 amide bonds. The van der Waals surface area contributed by atoms with Crippen molar-refractivity contribution >= 4 is 44.0 Å². The van der Waals surface area contributed by atoms with Crippen molar-refractivity contribution in [1.82, 2.24) is 29.9 Å². The Morgan fingerprint density at radius 2 is 1.88 bits per heavy atom. The van der Waals surface area contributed by atoms with E-state index in [1.54, 1.807) is 12.1 Å². The fourth-order valence-electron chi connectivity index (χ4n) is 3.34. The molecule has 1 fully saturated rings. The molecule has 0 radical (unpaired) electrons. The minimum absolute atomic E-state index is 0.160. The quantitative estimate of drug-likeness (QED) is 0.414. The lowest BCUT2D eigenvalue weighted by Crippen LogP contribution is -2.36. The molecule has 1 aliphatic heterocycles. The summed E-state index contributed by atoms with van der Waals surface area (Å²) in [5, 5.41) is 21.1. The van der Waals surface area contributed by atoms with Gasteiger partial charge in [-0.05, 0) is 19.1 Å². The molecule has 11 nitrogen and oxygen atoms in total. The summed E-state index contributed by atoms with van der Waals surface area (Å²) >= 11 is 2.54. The first-order valence-corrected chi connectivity index (χ1v) is 14.3. The molecule has 0 atom stereocenters. The van der Waals surface area contributed by atoms with Crippen molar-refractivity contribution in [1.29, 1.82) is 0 Å². The van der Waals surface area contributed by atoms with Gasteiger partial charge in [0.25, 0.3) is 0 Å². The number of benzene rings is 1. The minimum Gasteiger partial charge on any atom is -0.379 e. The van der Waals surface area contributed by atoms with Gasteiger partial charge in [-0.15, -0.1) is 20.4 Å². The van der Waals surface area contributed by atoms with Crippen LogP contribution in [-0.4, -0.2) is 82.5 Å². The van der Waals surface area contributed by atoms with E-state index in [2.05, 4.69) is 30.6 Å². The summed E-state index contributed by atoms with van der Waals surface area (Å²) in [5.41, 5.74) is 0.726. The van der Waals surface area contributed by atoms with Crippen molar-refractivity contribution in [3.05, 3.63) is 30.1 Å². The fourth-order valence-corrected chi connectivity index (χ4v) is 5.56. The number of hydrogen-bond acceptors (Lipinski definition) is 11. The van der Waals surface area contributed by atoms with Crippen LogP contribution in [0.15, 0.2) is 34.3 Å². The molecule has 1 aliphatic rings. The molecule has 1 aromatic carbocycles. The predicted octanol–water partition coefficient (Wildman–Crippen LogP) is 1.78. The van der Waals surface area contributed by atoms with Crippen LogP contribution in [0.1, 0.15) is 12.7 Å². The highest BCUT2D eigenvalue weighted by molar-refractivity contribution is 7.99. The zero-order valence-electron chi connectivity index (χ0n) is 18.8. The third kappa shape index (κ3) is 6.18. The highest BCUT2D eigenvalue weighted by atomic mass is 32.2. The first-order chi connectivity index (χ1) is 16.3. The second-order valence-electron chi connectivity index (χ2n) is 7.58. The molecule has 182 valence electrons. The van der Waals surface area contributed by atoms with Gasteiger partial charge in [-0.2, -0.15) is 0 Å². The second kappa shape index (κ2) is 10.9. The van der Waals surface area contributed by atoms with Crippen molar-refractivity contribution in [3.8, 4) is 10.6 Å². The maximum Gasteiger partial charge on any atom is 0.236 e. The number of thioether (sulfide) groups is 1. The summed E-state index contributed by atoms with van der Waals surface area (Å²) in [6.07, 6.45) is 1.16. The number of aromatic nitrogens is 5. The number of ether oxygens (including phenoxy) is 1. The predicted molar refractivity (Wildman–Crippen MR) is 130 cm³/mol. The molecule has 1 N–H and O–H groups in total. The lowest BCUT2D eigenvalue weighted by molar-refractivity contribution is -0.113. The van der Waals surface area contributed by atoms with Crippen molar-refractivity contribution in [3.63, 3.8) is 0 Å². The molecule has 34 heavy (non-hydrogen) atoms. The molecule has 3 heterocycles. The van der Waals surface area contributed by atoms with Crippen LogP contribution in [0.25, 0.3) is 10.6 Å².